The smallest absolute Gasteiger partial charge is 0.0949 e. The number of nitrogens with zero attached hydrogens (tertiary/aromatic N) is 1. The highest BCUT2D eigenvalue weighted by Crippen LogP contribution is 2.25. The Morgan fingerprint density at radius 2 is 2.10 bits per heavy atom. The van der Waals surface area contributed by atoms with Crippen molar-refractivity contribution in [2.45, 2.75) is 18.9 Å². The molecule has 1 N–H and O–H groups in total. The molecule has 0 aromatic heterocycles. The molecule has 1 rings (SSSR count). The Labute approximate surface area is 61.3 Å². The summed E-state index contributed by atoms with van der Waals surface area (Å²) in [5.74, 6) is 0. The Balaban J connectivity index is 2.13. The average Bonchev–Trinajstić information content (AvgIpc) is 2.69. The van der Waals surface area contributed by atoms with E-state index < -0.39 is 0 Å². The molecule has 0 spiro atoms. The van der Waals surface area contributed by atoms with Crippen LogP contribution >= 0.6 is 0 Å². The second-order valence-corrected chi connectivity index (χ2v) is 2.69. The summed E-state index contributed by atoms with van der Waals surface area (Å²) in [4.78, 5) is 2.08. The van der Waals surface area contributed by atoms with E-state index in [1.165, 1.54) is 12.8 Å². The lowest BCUT2D eigenvalue weighted by Crippen LogP contribution is -2.31. The number of hydrogen-bond donors (Lipinski definition) is 1. The number of aliphatic hydroxyl groups is 1. The molecule has 3 nitrogen and oxygen atoms in total. The summed E-state index contributed by atoms with van der Waals surface area (Å²) in [5.41, 5.74) is 0. The maximum absolute atomic E-state index is 10.2. The third-order valence-electron chi connectivity index (χ3n) is 1.83. The van der Waals surface area contributed by atoms with Gasteiger partial charge in [-0.1, -0.05) is 0 Å². The normalized spacial score (nSPS) is 18.3. The van der Waals surface area contributed by atoms with Gasteiger partial charge < -0.3 is 5.11 Å². The van der Waals surface area contributed by atoms with Crippen molar-refractivity contribution in [1.82, 2.24) is 4.90 Å². The molecule has 0 aromatic carbocycles. The van der Waals surface area contributed by atoms with E-state index in [2.05, 4.69) is 4.90 Å². The fourth-order valence-electron chi connectivity index (χ4n) is 1.16. The van der Waals surface area contributed by atoms with E-state index in [1.54, 1.807) is 0 Å². The largest absolute Gasteiger partial charge is 0.395 e. The number of aliphatic hydroxyl groups excluding tert-OH is 1. The maximum atomic E-state index is 10.2. The number of hydrogen-bond acceptors (Lipinski definition) is 2. The molecule has 0 atom stereocenters. The van der Waals surface area contributed by atoms with Crippen LogP contribution in [0, 0.1) is 0 Å². The van der Waals surface area contributed by atoms with Crippen molar-refractivity contribution < 1.29 is 10.2 Å². The van der Waals surface area contributed by atoms with E-state index in [4.69, 9.17) is 5.11 Å². The van der Waals surface area contributed by atoms with Gasteiger partial charge in [0.15, 0.2) is 0 Å². The predicted octanol–water partition coefficient (Wildman–Crippen LogP) is -0.126. The van der Waals surface area contributed by atoms with Gasteiger partial charge in [0.25, 0.3) is 0 Å². The summed E-state index contributed by atoms with van der Waals surface area (Å²) in [6.07, 6.45) is 2.42. The average molecular weight is 144 g/mol. The molecular weight excluding hydrogens is 130 g/mol. The molecule has 10 heavy (non-hydrogen) atoms. The van der Waals surface area contributed by atoms with E-state index in [0.717, 1.165) is 0 Å². The maximum Gasteiger partial charge on any atom is 0.0949 e. The molecule has 1 fully saturated rings. The highest BCUT2D eigenvalue weighted by Gasteiger charge is 2.27. The van der Waals surface area contributed by atoms with Crippen molar-refractivity contribution in [2.75, 3.05) is 26.3 Å². The van der Waals surface area contributed by atoms with Gasteiger partial charge in [-0.2, -0.15) is 0 Å². The summed E-state index contributed by atoms with van der Waals surface area (Å²) < 4.78 is 0. The van der Waals surface area contributed by atoms with Crippen LogP contribution in [0.5, 0.6) is 0 Å². The zero-order valence-electron chi connectivity index (χ0n) is 6.12. The molecule has 3 heteroatoms. The first-order chi connectivity index (χ1) is 4.88. The van der Waals surface area contributed by atoms with E-state index >= 15 is 0 Å². The molecule has 0 amide bonds. The monoisotopic (exact) mass is 144 g/mol. The lowest BCUT2D eigenvalue weighted by molar-refractivity contribution is 0.120. The second-order valence-electron chi connectivity index (χ2n) is 2.69. The van der Waals surface area contributed by atoms with Crippen LogP contribution in [0.3, 0.4) is 0 Å². The van der Waals surface area contributed by atoms with Crippen molar-refractivity contribution in [2.24, 2.45) is 0 Å². The van der Waals surface area contributed by atoms with Crippen LogP contribution in [0.4, 0.5) is 0 Å². The van der Waals surface area contributed by atoms with Gasteiger partial charge in [-0.05, 0) is 12.8 Å². The summed E-state index contributed by atoms with van der Waals surface area (Å²) in [7, 11) is 0. The zero-order chi connectivity index (χ0) is 7.40. The van der Waals surface area contributed by atoms with Crippen LogP contribution in [0.15, 0.2) is 0 Å². The van der Waals surface area contributed by atoms with Gasteiger partial charge in [0.2, 0.25) is 0 Å². The molecular formula is C7H14NO2. The van der Waals surface area contributed by atoms with E-state index in [0.29, 0.717) is 19.1 Å². The highest BCUT2D eigenvalue weighted by molar-refractivity contribution is 4.83. The van der Waals surface area contributed by atoms with Crippen molar-refractivity contribution in [3.8, 4) is 0 Å². The van der Waals surface area contributed by atoms with Crippen LogP contribution in [-0.2, 0) is 5.11 Å². The molecule has 0 unspecified atom stereocenters. The quantitative estimate of drug-likeness (QED) is 0.584. The van der Waals surface area contributed by atoms with Gasteiger partial charge in [-0.15, -0.1) is 0 Å². The van der Waals surface area contributed by atoms with E-state index in [-0.39, 0.29) is 13.2 Å². The van der Waals surface area contributed by atoms with Gasteiger partial charge in [-0.3, -0.25) is 4.90 Å². The third-order valence-corrected chi connectivity index (χ3v) is 1.83. The Hall–Kier alpha value is -0.120. The van der Waals surface area contributed by atoms with Crippen molar-refractivity contribution >= 4 is 0 Å². The molecule has 0 heterocycles. The summed E-state index contributed by atoms with van der Waals surface area (Å²) in [6, 6.07) is 0.612. The summed E-state index contributed by atoms with van der Waals surface area (Å²) in [6.45, 7) is 1.41. The van der Waals surface area contributed by atoms with Crippen molar-refractivity contribution in [3.05, 3.63) is 0 Å². The minimum atomic E-state index is -0.0451. The molecule has 0 saturated heterocycles. The van der Waals surface area contributed by atoms with E-state index in [1.807, 2.05) is 0 Å². The summed E-state index contributed by atoms with van der Waals surface area (Å²) in [5, 5.41) is 18.8. The fourth-order valence-corrected chi connectivity index (χ4v) is 1.16. The molecule has 1 radical (unpaired) electrons. The van der Waals surface area contributed by atoms with Crippen LogP contribution < -0.4 is 0 Å². The highest BCUT2D eigenvalue weighted by atomic mass is 16.3. The first-order valence-corrected chi connectivity index (χ1v) is 3.81. The first-order valence-electron chi connectivity index (χ1n) is 3.81. The lowest BCUT2D eigenvalue weighted by atomic mass is 10.4. The van der Waals surface area contributed by atoms with Gasteiger partial charge in [0, 0.05) is 19.1 Å². The Morgan fingerprint density at radius 1 is 1.40 bits per heavy atom. The second kappa shape index (κ2) is 3.91. The molecule has 0 aliphatic heterocycles. The molecule has 1 aliphatic carbocycles. The Bertz CT molecular complexity index is 87.6. The molecule has 1 saturated carbocycles. The van der Waals surface area contributed by atoms with Crippen LogP contribution in [0.2, 0.25) is 0 Å². The minimum Gasteiger partial charge on any atom is -0.395 e. The van der Waals surface area contributed by atoms with Crippen LogP contribution in [0.1, 0.15) is 12.8 Å². The Morgan fingerprint density at radius 3 is 2.50 bits per heavy atom. The van der Waals surface area contributed by atoms with Crippen LogP contribution in [-0.4, -0.2) is 42.4 Å². The summed E-state index contributed by atoms with van der Waals surface area (Å²) >= 11 is 0. The molecule has 0 bridgehead atoms. The molecule has 59 valence electrons. The fraction of sp³-hybridized carbons (Fsp3) is 1.00. The van der Waals surface area contributed by atoms with E-state index in [9.17, 15) is 5.11 Å². The van der Waals surface area contributed by atoms with Crippen LogP contribution in [0.25, 0.3) is 0 Å². The SMILES string of the molecule is [O]CCN(CCO)C1CC1. The predicted molar refractivity (Wildman–Crippen MR) is 37.2 cm³/mol. The lowest BCUT2D eigenvalue weighted by Gasteiger charge is -2.18. The minimum absolute atomic E-state index is 0.0451. The Kier molecular flexibility index (Phi) is 3.12. The van der Waals surface area contributed by atoms with Gasteiger partial charge in [-0.25, -0.2) is 5.11 Å². The standard InChI is InChI=1S/C7H14NO2/c9-5-3-8(4-6-10)7-1-2-7/h7,9H,1-6H2. The van der Waals surface area contributed by atoms with Crippen molar-refractivity contribution in [3.63, 3.8) is 0 Å². The topological polar surface area (TPSA) is 43.4 Å². The van der Waals surface area contributed by atoms with Crippen molar-refractivity contribution in [1.29, 1.82) is 0 Å². The van der Waals surface area contributed by atoms with Gasteiger partial charge in [0.05, 0.1) is 13.2 Å². The first kappa shape index (κ1) is 7.98. The molecule has 1 aliphatic rings. The third kappa shape index (κ3) is 2.25. The number of rotatable bonds is 5. The zero-order valence-corrected chi connectivity index (χ0v) is 6.12. The van der Waals surface area contributed by atoms with Gasteiger partial charge in [0.1, 0.15) is 0 Å². The molecule has 0 aromatic rings. The van der Waals surface area contributed by atoms with Gasteiger partial charge >= 0.3 is 0 Å².